The van der Waals surface area contributed by atoms with Crippen LogP contribution in [0.25, 0.3) is 0 Å². The highest BCUT2D eigenvalue weighted by molar-refractivity contribution is 5.97. The second-order valence-electron chi connectivity index (χ2n) is 4.69. The topological polar surface area (TPSA) is 123 Å². The maximum Gasteiger partial charge on any atom is 0.305 e. The molecule has 0 unspecified atom stereocenters. The van der Waals surface area contributed by atoms with E-state index in [2.05, 4.69) is 10.2 Å². The Bertz CT molecular complexity index is 436. The van der Waals surface area contributed by atoms with Gasteiger partial charge >= 0.3 is 5.97 Å². The second-order valence-corrected chi connectivity index (χ2v) is 4.69. The molecule has 0 aromatic rings. The molecule has 0 aliphatic carbocycles. The van der Waals surface area contributed by atoms with Gasteiger partial charge in [0.25, 0.3) is 5.91 Å². The molecule has 8 heteroatoms. The van der Waals surface area contributed by atoms with Crippen LogP contribution in [0, 0.1) is 11.3 Å². The molecule has 1 rings (SSSR count). The summed E-state index contributed by atoms with van der Waals surface area (Å²) in [4.78, 5) is 26.3. The summed E-state index contributed by atoms with van der Waals surface area (Å²) in [5, 5.41) is 20.2. The van der Waals surface area contributed by atoms with Gasteiger partial charge < -0.3 is 21.1 Å². The van der Waals surface area contributed by atoms with E-state index in [0.29, 0.717) is 19.6 Å². The summed E-state index contributed by atoms with van der Waals surface area (Å²) >= 11 is 0. The van der Waals surface area contributed by atoms with Crippen LogP contribution in [0.3, 0.4) is 0 Å². The van der Waals surface area contributed by atoms with Crippen molar-refractivity contribution in [3.05, 3.63) is 11.8 Å². The predicted octanol–water partition coefficient (Wildman–Crippen LogP) is -1.44. The van der Waals surface area contributed by atoms with Crippen LogP contribution >= 0.6 is 0 Å². The van der Waals surface area contributed by atoms with Gasteiger partial charge in [-0.2, -0.15) is 5.26 Å². The van der Waals surface area contributed by atoms with Gasteiger partial charge in [-0.15, -0.1) is 0 Å². The number of nitriles is 1. The lowest BCUT2D eigenvalue weighted by atomic mass is 10.2. The van der Waals surface area contributed by atoms with Crippen LogP contribution in [-0.4, -0.2) is 72.6 Å². The first-order valence-corrected chi connectivity index (χ1v) is 6.85. The maximum atomic E-state index is 12.2. The summed E-state index contributed by atoms with van der Waals surface area (Å²) < 4.78 is 0. The lowest BCUT2D eigenvalue weighted by molar-refractivity contribution is -0.136. The number of hydrogen-bond donors (Lipinski definition) is 3. The fourth-order valence-electron chi connectivity index (χ4n) is 2.02. The van der Waals surface area contributed by atoms with Gasteiger partial charge in [-0.05, 0) is 0 Å². The fourth-order valence-corrected chi connectivity index (χ4v) is 2.02. The Morgan fingerprint density at radius 3 is 2.52 bits per heavy atom. The summed E-state index contributed by atoms with van der Waals surface area (Å²) in [6.45, 7) is 4.19. The van der Waals surface area contributed by atoms with E-state index < -0.39 is 5.97 Å². The van der Waals surface area contributed by atoms with Crippen LogP contribution in [-0.2, 0) is 9.59 Å². The third-order valence-corrected chi connectivity index (χ3v) is 3.19. The van der Waals surface area contributed by atoms with Gasteiger partial charge in [-0.3, -0.25) is 14.5 Å². The van der Waals surface area contributed by atoms with Crippen molar-refractivity contribution in [1.82, 2.24) is 15.1 Å². The number of hydrogen-bond acceptors (Lipinski definition) is 6. The monoisotopic (exact) mass is 295 g/mol. The number of nitrogens with one attached hydrogen (secondary N) is 1. The van der Waals surface area contributed by atoms with Crippen molar-refractivity contribution in [1.29, 1.82) is 5.26 Å². The normalized spacial score (nSPS) is 16.4. The van der Waals surface area contributed by atoms with Crippen molar-refractivity contribution in [2.24, 2.45) is 5.73 Å². The van der Waals surface area contributed by atoms with Crippen molar-refractivity contribution in [2.75, 3.05) is 45.8 Å². The zero-order valence-electron chi connectivity index (χ0n) is 11.9. The maximum absolute atomic E-state index is 12.2. The van der Waals surface area contributed by atoms with E-state index in [9.17, 15) is 9.59 Å². The summed E-state index contributed by atoms with van der Waals surface area (Å²) in [5.74, 6) is -1.26. The molecule has 0 radical (unpaired) electrons. The van der Waals surface area contributed by atoms with Crippen LogP contribution in [0.4, 0.5) is 0 Å². The smallest absolute Gasteiger partial charge is 0.305 e. The lowest BCUT2D eigenvalue weighted by Crippen LogP contribution is -2.50. The van der Waals surface area contributed by atoms with E-state index in [-0.39, 0.29) is 24.4 Å². The average Bonchev–Trinajstić information content (AvgIpc) is 2.47. The molecule has 0 aromatic carbocycles. The highest BCUT2D eigenvalue weighted by Gasteiger charge is 2.23. The third kappa shape index (κ3) is 5.81. The molecule has 0 aromatic heterocycles. The highest BCUT2D eigenvalue weighted by Crippen LogP contribution is 2.06. The van der Waals surface area contributed by atoms with E-state index in [1.165, 1.54) is 6.20 Å². The van der Waals surface area contributed by atoms with Crippen LogP contribution in [0.15, 0.2) is 11.8 Å². The fraction of sp³-hybridized carbons (Fsp3) is 0.615. The van der Waals surface area contributed by atoms with E-state index in [0.717, 1.165) is 19.6 Å². The van der Waals surface area contributed by atoms with Crippen molar-refractivity contribution < 1.29 is 14.7 Å². The number of nitrogens with zero attached hydrogens (tertiary/aromatic N) is 3. The summed E-state index contributed by atoms with van der Waals surface area (Å²) in [5.41, 5.74) is 5.48. The van der Waals surface area contributed by atoms with Crippen LogP contribution < -0.4 is 11.1 Å². The Hall–Kier alpha value is -2.11. The molecule has 0 bridgehead atoms. The Labute approximate surface area is 123 Å². The van der Waals surface area contributed by atoms with Crippen molar-refractivity contribution in [2.45, 2.75) is 6.42 Å². The van der Waals surface area contributed by atoms with E-state index in [1.807, 2.05) is 6.07 Å². The SMILES string of the molecule is N#C/C(=C/NCCC(=O)O)C(=O)N1CCN(CCN)CC1. The Morgan fingerprint density at radius 1 is 1.33 bits per heavy atom. The first-order valence-electron chi connectivity index (χ1n) is 6.85. The number of carbonyl (C=O) groups excluding carboxylic acids is 1. The Balaban J connectivity index is 2.46. The zero-order valence-corrected chi connectivity index (χ0v) is 11.9. The van der Waals surface area contributed by atoms with Gasteiger partial charge in [-0.1, -0.05) is 0 Å². The van der Waals surface area contributed by atoms with Gasteiger partial charge in [0, 0.05) is 52.0 Å². The Morgan fingerprint density at radius 2 is 2.00 bits per heavy atom. The van der Waals surface area contributed by atoms with Crippen LogP contribution in [0.5, 0.6) is 0 Å². The molecule has 1 heterocycles. The number of rotatable bonds is 7. The molecule has 116 valence electrons. The largest absolute Gasteiger partial charge is 0.481 e. The van der Waals surface area contributed by atoms with Gasteiger partial charge in [-0.25, -0.2) is 0 Å². The molecule has 1 aliphatic heterocycles. The van der Waals surface area contributed by atoms with Crippen LogP contribution in [0.1, 0.15) is 6.42 Å². The molecular formula is C13H21N5O3. The minimum absolute atomic E-state index is 0.00679. The molecule has 1 saturated heterocycles. The van der Waals surface area contributed by atoms with Gasteiger partial charge in [0.1, 0.15) is 11.6 Å². The number of amides is 1. The number of nitrogens with two attached hydrogens (primary N) is 1. The van der Waals surface area contributed by atoms with E-state index in [1.54, 1.807) is 4.90 Å². The second kappa shape index (κ2) is 8.94. The molecule has 1 fully saturated rings. The summed E-state index contributed by atoms with van der Waals surface area (Å²) in [6.07, 6.45) is 1.22. The summed E-state index contributed by atoms with van der Waals surface area (Å²) in [7, 11) is 0. The standard InChI is InChI=1S/C13H21N5O3/c14-2-4-17-5-7-18(8-6-17)13(21)11(9-15)10-16-3-1-12(19)20/h10,16H,1-8,14H2,(H,19,20)/b11-10-. The molecule has 0 saturated carbocycles. The predicted molar refractivity (Wildman–Crippen MR) is 76.0 cm³/mol. The number of carbonyl (C=O) groups is 2. The van der Waals surface area contributed by atoms with Crippen LogP contribution in [0.2, 0.25) is 0 Å². The third-order valence-electron chi connectivity index (χ3n) is 3.19. The molecule has 1 amide bonds. The molecule has 4 N–H and O–H groups in total. The quantitative estimate of drug-likeness (QED) is 0.298. The average molecular weight is 295 g/mol. The number of carboxylic acids is 1. The summed E-state index contributed by atoms with van der Waals surface area (Å²) in [6, 6.07) is 1.85. The molecule has 1 aliphatic rings. The van der Waals surface area contributed by atoms with E-state index >= 15 is 0 Å². The molecular weight excluding hydrogens is 274 g/mol. The zero-order chi connectivity index (χ0) is 15.7. The van der Waals surface area contributed by atoms with Crippen molar-refractivity contribution in [3.8, 4) is 6.07 Å². The number of piperazine rings is 1. The van der Waals surface area contributed by atoms with E-state index in [4.69, 9.17) is 16.1 Å². The lowest BCUT2D eigenvalue weighted by Gasteiger charge is -2.34. The van der Waals surface area contributed by atoms with Gasteiger partial charge in [0.2, 0.25) is 0 Å². The Kier molecular flexibility index (Phi) is 7.21. The minimum atomic E-state index is -0.934. The van der Waals surface area contributed by atoms with Crippen molar-refractivity contribution in [3.63, 3.8) is 0 Å². The number of aliphatic carboxylic acids is 1. The van der Waals surface area contributed by atoms with Gasteiger partial charge in [0.05, 0.1) is 6.42 Å². The highest BCUT2D eigenvalue weighted by atomic mass is 16.4. The molecule has 0 spiro atoms. The molecule has 0 atom stereocenters. The molecule has 21 heavy (non-hydrogen) atoms. The van der Waals surface area contributed by atoms with Gasteiger partial charge in [0.15, 0.2) is 0 Å². The first kappa shape index (κ1) is 16.9. The first-order chi connectivity index (χ1) is 10.1. The minimum Gasteiger partial charge on any atom is -0.481 e. The molecule has 8 nitrogen and oxygen atoms in total. The number of carboxylic acid groups (broad SMARTS) is 1. The van der Waals surface area contributed by atoms with Crippen molar-refractivity contribution >= 4 is 11.9 Å².